The fourth-order valence-electron chi connectivity index (χ4n) is 3.20. The number of fused-ring (bicyclic) bond motifs is 1. The van der Waals surface area contributed by atoms with Crippen LogP contribution in [0, 0.1) is 11.6 Å². The SMILES string of the molecule is COc1ccc(-n2ncc3c2NC(=O)CC3c2cc(F)ccc2F)cc1. The first-order valence-electron chi connectivity index (χ1n) is 8.04. The van der Waals surface area contributed by atoms with Gasteiger partial charge in [0.2, 0.25) is 5.91 Å². The fourth-order valence-corrected chi connectivity index (χ4v) is 3.20. The zero-order chi connectivity index (χ0) is 18.3. The molecule has 1 amide bonds. The molecule has 2 aromatic carbocycles. The van der Waals surface area contributed by atoms with Gasteiger partial charge in [0.05, 0.1) is 19.0 Å². The van der Waals surface area contributed by atoms with Crippen LogP contribution >= 0.6 is 0 Å². The largest absolute Gasteiger partial charge is 0.497 e. The third-order valence-electron chi connectivity index (χ3n) is 4.47. The van der Waals surface area contributed by atoms with E-state index in [9.17, 15) is 13.6 Å². The van der Waals surface area contributed by atoms with Crippen LogP contribution in [-0.4, -0.2) is 22.8 Å². The number of ether oxygens (including phenoxy) is 1. The number of amides is 1. The van der Waals surface area contributed by atoms with Crippen molar-refractivity contribution in [1.29, 1.82) is 0 Å². The van der Waals surface area contributed by atoms with Gasteiger partial charge in [-0.25, -0.2) is 13.5 Å². The van der Waals surface area contributed by atoms with E-state index in [1.54, 1.807) is 42.3 Å². The topological polar surface area (TPSA) is 56.1 Å². The summed E-state index contributed by atoms with van der Waals surface area (Å²) in [4.78, 5) is 12.2. The molecule has 132 valence electrons. The number of rotatable bonds is 3. The maximum Gasteiger partial charge on any atom is 0.226 e. The smallest absolute Gasteiger partial charge is 0.226 e. The van der Waals surface area contributed by atoms with Crippen molar-refractivity contribution in [3.63, 3.8) is 0 Å². The normalized spacial score (nSPS) is 16.1. The summed E-state index contributed by atoms with van der Waals surface area (Å²) in [6.07, 6.45) is 1.61. The van der Waals surface area contributed by atoms with Crippen LogP contribution in [0.3, 0.4) is 0 Å². The number of aromatic nitrogens is 2. The third-order valence-corrected chi connectivity index (χ3v) is 4.47. The van der Waals surface area contributed by atoms with E-state index < -0.39 is 17.6 Å². The zero-order valence-corrected chi connectivity index (χ0v) is 13.9. The number of hydrogen-bond acceptors (Lipinski definition) is 3. The Hall–Kier alpha value is -3.22. The highest BCUT2D eigenvalue weighted by atomic mass is 19.1. The Kier molecular flexibility index (Phi) is 3.91. The molecule has 5 nitrogen and oxygen atoms in total. The number of nitrogens with one attached hydrogen (secondary N) is 1. The van der Waals surface area contributed by atoms with Crippen molar-refractivity contribution in [3.8, 4) is 11.4 Å². The predicted octanol–water partition coefficient (Wildman–Crippen LogP) is 3.63. The second-order valence-electron chi connectivity index (χ2n) is 6.03. The molecule has 0 bridgehead atoms. The van der Waals surface area contributed by atoms with Gasteiger partial charge in [-0.15, -0.1) is 0 Å². The van der Waals surface area contributed by atoms with Gasteiger partial charge < -0.3 is 10.1 Å². The van der Waals surface area contributed by atoms with Crippen molar-refractivity contribution in [2.75, 3.05) is 12.4 Å². The molecule has 1 unspecified atom stereocenters. The van der Waals surface area contributed by atoms with Crippen LogP contribution in [0.2, 0.25) is 0 Å². The minimum atomic E-state index is -0.596. The van der Waals surface area contributed by atoms with Crippen LogP contribution in [-0.2, 0) is 4.79 Å². The molecule has 0 fully saturated rings. The van der Waals surface area contributed by atoms with Crippen molar-refractivity contribution >= 4 is 11.7 Å². The first kappa shape index (κ1) is 16.3. The first-order valence-corrected chi connectivity index (χ1v) is 8.04. The van der Waals surface area contributed by atoms with Crippen molar-refractivity contribution in [3.05, 3.63) is 71.4 Å². The molecule has 1 atom stereocenters. The molecule has 0 saturated heterocycles. The number of benzene rings is 2. The average Bonchev–Trinajstić information content (AvgIpc) is 3.07. The Morgan fingerprint density at radius 3 is 2.65 bits per heavy atom. The van der Waals surface area contributed by atoms with Gasteiger partial charge in [-0.3, -0.25) is 4.79 Å². The van der Waals surface area contributed by atoms with E-state index in [1.165, 1.54) is 0 Å². The van der Waals surface area contributed by atoms with E-state index >= 15 is 0 Å². The molecule has 3 aromatic rings. The summed E-state index contributed by atoms with van der Waals surface area (Å²) in [5.41, 5.74) is 1.51. The Balaban J connectivity index is 1.81. The molecule has 1 aliphatic rings. The fraction of sp³-hybridized carbons (Fsp3) is 0.158. The quantitative estimate of drug-likeness (QED) is 0.781. The standard InChI is InChI=1S/C19H15F2N3O2/c1-26-13-5-3-12(4-6-13)24-19-16(10-22-24)14(9-18(25)23-19)15-8-11(20)2-7-17(15)21/h2-8,10,14H,9H2,1H3,(H,23,25). The summed E-state index contributed by atoms with van der Waals surface area (Å²) in [7, 11) is 1.57. The number of halogens is 2. The lowest BCUT2D eigenvalue weighted by molar-refractivity contribution is -0.116. The first-order chi connectivity index (χ1) is 12.6. The molecule has 26 heavy (non-hydrogen) atoms. The van der Waals surface area contributed by atoms with E-state index in [-0.39, 0.29) is 17.9 Å². The summed E-state index contributed by atoms with van der Waals surface area (Å²) < 4.78 is 34.6. The molecular formula is C19H15F2N3O2. The lowest BCUT2D eigenvalue weighted by atomic mass is 9.87. The lowest BCUT2D eigenvalue weighted by Crippen LogP contribution is -2.25. The Morgan fingerprint density at radius 2 is 1.92 bits per heavy atom. The summed E-state index contributed by atoms with van der Waals surface area (Å²) in [5.74, 6) is -0.813. The van der Waals surface area contributed by atoms with Crippen molar-refractivity contribution in [2.45, 2.75) is 12.3 Å². The van der Waals surface area contributed by atoms with Crippen LogP contribution in [0.4, 0.5) is 14.6 Å². The maximum atomic E-state index is 14.2. The Bertz CT molecular complexity index is 983. The van der Waals surface area contributed by atoms with E-state index in [4.69, 9.17) is 4.74 Å². The zero-order valence-electron chi connectivity index (χ0n) is 13.9. The third kappa shape index (κ3) is 2.71. The van der Waals surface area contributed by atoms with Gasteiger partial charge in [-0.05, 0) is 48.0 Å². The molecule has 2 heterocycles. The number of carbonyl (C=O) groups is 1. The molecule has 1 N–H and O–H groups in total. The van der Waals surface area contributed by atoms with Gasteiger partial charge in [0, 0.05) is 17.9 Å². The average molecular weight is 355 g/mol. The minimum Gasteiger partial charge on any atom is -0.497 e. The molecular weight excluding hydrogens is 340 g/mol. The molecule has 1 aromatic heterocycles. The molecule has 0 saturated carbocycles. The van der Waals surface area contributed by atoms with E-state index in [0.29, 0.717) is 22.8 Å². The summed E-state index contributed by atoms with van der Waals surface area (Å²) in [6, 6.07) is 10.4. The van der Waals surface area contributed by atoms with Gasteiger partial charge in [0.15, 0.2) is 0 Å². The highest BCUT2D eigenvalue weighted by molar-refractivity contribution is 5.94. The second-order valence-corrected chi connectivity index (χ2v) is 6.03. The van der Waals surface area contributed by atoms with Gasteiger partial charge in [0.25, 0.3) is 0 Å². The molecule has 4 rings (SSSR count). The van der Waals surface area contributed by atoms with E-state index in [2.05, 4.69) is 10.4 Å². The number of anilines is 1. The molecule has 1 aliphatic heterocycles. The van der Waals surface area contributed by atoms with Crippen LogP contribution in [0.1, 0.15) is 23.5 Å². The van der Waals surface area contributed by atoms with Crippen LogP contribution in [0.5, 0.6) is 5.75 Å². The summed E-state index contributed by atoms with van der Waals surface area (Å²) >= 11 is 0. The van der Waals surface area contributed by atoms with Crippen molar-refractivity contribution in [2.24, 2.45) is 0 Å². The highest BCUT2D eigenvalue weighted by Crippen LogP contribution is 2.39. The Labute approximate surface area is 148 Å². The number of methoxy groups -OCH3 is 1. The second kappa shape index (κ2) is 6.25. The van der Waals surface area contributed by atoms with Crippen molar-refractivity contribution in [1.82, 2.24) is 9.78 Å². The maximum absolute atomic E-state index is 14.2. The monoisotopic (exact) mass is 355 g/mol. The molecule has 0 radical (unpaired) electrons. The van der Waals surface area contributed by atoms with Crippen LogP contribution in [0.15, 0.2) is 48.7 Å². The van der Waals surface area contributed by atoms with Crippen LogP contribution in [0.25, 0.3) is 5.69 Å². The molecule has 0 aliphatic carbocycles. The highest BCUT2D eigenvalue weighted by Gasteiger charge is 2.32. The van der Waals surface area contributed by atoms with Gasteiger partial charge in [-0.1, -0.05) is 0 Å². The number of carbonyl (C=O) groups excluding carboxylic acids is 1. The number of hydrogen-bond donors (Lipinski definition) is 1. The van der Waals surface area contributed by atoms with Gasteiger partial charge >= 0.3 is 0 Å². The number of nitrogens with zero attached hydrogens (tertiary/aromatic N) is 2. The summed E-state index contributed by atoms with van der Waals surface area (Å²) in [6.45, 7) is 0. The van der Waals surface area contributed by atoms with Crippen molar-refractivity contribution < 1.29 is 18.3 Å². The molecule has 7 heteroatoms. The Morgan fingerprint density at radius 1 is 1.15 bits per heavy atom. The van der Waals surface area contributed by atoms with Gasteiger partial charge in [-0.2, -0.15) is 5.10 Å². The lowest BCUT2D eigenvalue weighted by Gasteiger charge is -2.24. The van der Waals surface area contributed by atoms with E-state index in [1.807, 2.05) is 0 Å². The van der Waals surface area contributed by atoms with E-state index in [0.717, 1.165) is 18.2 Å². The van der Waals surface area contributed by atoms with Crippen LogP contribution < -0.4 is 10.1 Å². The molecule has 0 spiro atoms. The van der Waals surface area contributed by atoms with Gasteiger partial charge in [0.1, 0.15) is 23.2 Å². The summed E-state index contributed by atoms with van der Waals surface area (Å²) in [5, 5.41) is 7.11. The predicted molar refractivity (Wildman–Crippen MR) is 91.6 cm³/mol. The minimum absolute atomic E-state index is 0.0294.